The zero-order valence-corrected chi connectivity index (χ0v) is 16.9. The topological polar surface area (TPSA) is 28.1 Å². The Labute approximate surface area is 172 Å². The normalized spacial score (nSPS) is 15.0. The van der Waals surface area contributed by atoms with Gasteiger partial charge in [0.15, 0.2) is 0 Å². The highest BCUT2D eigenvalue weighted by Crippen LogP contribution is 2.20. The molecule has 0 bridgehead atoms. The minimum absolute atomic E-state index is 0. The van der Waals surface area contributed by atoms with E-state index >= 15 is 0 Å². The Morgan fingerprint density at radius 1 is 0.893 bits per heavy atom. The molecule has 3 aromatic carbocycles. The number of hydrogen-bond donors (Lipinski definition) is 0. The fraction of sp³-hybridized carbons (Fsp3) is 0.261. The molecule has 0 atom stereocenters. The highest BCUT2D eigenvalue weighted by molar-refractivity contribution is 5.86. The maximum Gasteiger partial charge on any atom is 0.118 e. The van der Waals surface area contributed by atoms with Gasteiger partial charge in [0.05, 0.1) is 13.3 Å². The van der Waals surface area contributed by atoms with Crippen molar-refractivity contribution in [2.24, 2.45) is 5.10 Å². The Bertz CT molecular complexity index is 913. The van der Waals surface area contributed by atoms with E-state index < -0.39 is 0 Å². The predicted molar refractivity (Wildman–Crippen MR) is 119 cm³/mol. The van der Waals surface area contributed by atoms with Crippen molar-refractivity contribution in [3.63, 3.8) is 0 Å². The summed E-state index contributed by atoms with van der Waals surface area (Å²) in [5.41, 5.74) is 2.50. The number of halogens is 1. The van der Waals surface area contributed by atoms with Crippen LogP contribution >= 0.6 is 12.4 Å². The van der Waals surface area contributed by atoms with Crippen LogP contribution in [-0.2, 0) is 6.54 Å². The van der Waals surface area contributed by atoms with Gasteiger partial charge in [-0.2, -0.15) is 5.10 Å². The van der Waals surface area contributed by atoms with Crippen molar-refractivity contribution in [1.82, 2.24) is 9.91 Å². The number of rotatable bonds is 5. The van der Waals surface area contributed by atoms with Gasteiger partial charge in [-0.05, 0) is 46.2 Å². The van der Waals surface area contributed by atoms with Gasteiger partial charge in [0, 0.05) is 32.7 Å². The van der Waals surface area contributed by atoms with Gasteiger partial charge < -0.3 is 4.74 Å². The van der Waals surface area contributed by atoms with E-state index in [2.05, 4.69) is 57.5 Å². The van der Waals surface area contributed by atoms with E-state index in [0.29, 0.717) is 0 Å². The minimum Gasteiger partial charge on any atom is -0.497 e. The Morgan fingerprint density at radius 3 is 2.36 bits per heavy atom. The fourth-order valence-corrected chi connectivity index (χ4v) is 3.52. The van der Waals surface area contributed by atoms with Crippen molar-refractivity contribution in [3.8, 4) is 5.75 Å². The van der Waals surface area contributed by atoms with Crippen LogP contribution in [0.3, 0.4) is 0 Å². The summed E-state index contributed by atoms with van der Waals surface area (Å²) in [5.74, 6) is 0.870. The number of nitrogens with zero attached hydrogens (tertiary/aromatic N) is 3. The summed E-state index contributed by atoms with van der Waals surface area (Å²) in [6.45, 7) is 4.97. The Hall–Kier alpha value is -2.56. The molecule has 0 spiro atoms. The van der Waals surface area contributed by atoms with E-state index in [4.69, 9.17) is 4.74 Å². The van der Waals surface area contributed by atoms with Crippen LogP contribution in [0.15, 0.2) is 71.8 Å². The Morgan fingerprint density at radius 2 is 1.61 bits per heavy atom. The molecule has 0 aliphatic carbocycles. The average Bonchev–Trinajstić information content (AvgIpc) is 2.74. The minimum atomic E-state index is 0. The first-order chi connectivity index (χ1) is 13.3. The van der Waals surface area contributed by atoms with Crippen LogP contribution in [0, 0.1) is 0 Å². The summed E-state index contributed by atoms with van der Waals surface area (Å²) in [5, 5.41) is 9.48. The number of piperazine rings is 1. The van der Waals surface area contributed by atoms with Gasteiger partial charge in [-0.3, -0.25) is 9.91 Å². The SMILES string of the molecule is COc1ccc(/C=N/N2CCN(Cc3cccc4ccccc34)CC2)cc1.Cl. The molecule has 1 saturated heterocycles. The van der Waals surface area contributed by atoms with Crippen LogP contribution in [0.25, 0.3) is 10.8 Å². The first kappa shape index (κ1) is 20.2. The van der Waals surface area contributed by atoms with E-state index in [1.54, 1.807) is 7.11 Å². The standard InChI is InChI=1S/C23H25N3O.ClH/c1-27-22-11-9-19(10-12-22)17-24-26-15-13-25(14-16-26)18-21-7-4-6-20-5-2-3-8-23(20)21;/h2-12,17H,13-16,18H2,1H3;1H/b24-17+;. The fourth-order valence-electron chi connectivity index (χ4n) is 3.52. The molecule has 0 saturated carbocycles. The number of ether oxygens (including phenoxy) is 1. The molecule has 1 heterocycles. The van der Waals surface area contributed by atoms with Gasteiger partial charge in [-0.1, -0.05) is 42.5 Å². The lowest BCUT2D eigenvalue weighted by atomic mass is 10.0. The van der Waals surface area contributed by atoms with Crippen molar-refractivity contribution in [3.05, 3.63) is 77.9 Å². The van der Waals surface area contributed by atoms with Crippen molar-refractivity contribution in [1.29, 1.82) is 0 Å². The van der Waals surface area contributed by atoms with Gasteiger partial charge in [-0.15, -0.1) is 12.4 Å². The number of methoxy groups -OCH3 is 1. The van der Waals surface area contributed by atoms with Gasteiger partial charge in [0.1, 0.15) is 5.75 Å². The summed E-state index contributed by atoms with van der Waals surface area (Å²) in [6, 6.07) is 23.2. The van der Waals surface area contributed by atoms with Crippen molar-refractivity contribution in [2.75, 3.05) is 33.3 Å². The molecule has 4 rings (SSSR count). The molecule has 1 fully saturated rings. The smallest absolute Gasteiger partial charge is 0.118 e. The van der Waals surface area contributed by atoms with Crippen LogP contribution < -0.4 is 4.74 Å². The second-order valence-corrected chi connectivity index (χ2v) is 6.89. The van der Waals surface area contributed by atoms with E-state index in [-0.39, 0.29) is 12.4 Å². The molecule has 3 aromatic rings. The molecule has 0 amide bonds. The van der Waals surface area contributed by atoms with Crippen LogP contribution in [0.5, 0.6) is 5.75 Å². The second kappa shape index (κ2) is 9.58. The molecular weight excluding hydrogens is 370 g/mol. The highest BCUT2D eigenvalue weighted by Gasteiger charge is 2.16. The van der Waals surface area contributed by atoms with E-state index in [1.807, 2.05) is 30.5 Å². The lowest BCUT2D eigenvalue weighted by Gasteiger charge is -2.33. The lowest BCUT2D eigenvalue weighted by Crippen LogP contribution is -2.43. The van der Waals surface area contributed by atoms with Crippen LogP contribution in [-0.4, -0.2) is 49.4 Å². The third kappa shape index (κ3) is 4.83. The highest BCUT2D eigenvalue weighted by atomic mass is 35.5. The zero-order valence-electron chi connectivity index (χ0n) is 16.1. The molecule has 4 nitrogen and oxygen atoms in total. The third-order valence-corrected chi connectivity index (χ3v) is 5.11. The van der Waals surface area contributed by atoms with Crippen LogP contribution in [0.2, 0.25) is 0 Å². The summed E-state index contributed by atoms with van der Waals surface area (Å²) in [6.07, 6.45) is 1.93. The Balaban J connectivity index is 0.00000225. The number of hydrogen-bond acceptors (Lipinski definition) is 4. The van der Waals surface area contributed by atoms with Crippen molar-refractivity contribution < 1.29 is 4.74 Å². The number of hydrazone groups is 1. The van der Waals surface area contributed by atoms with E-state index in [9.17, 15) is 0 Å². The molecule has 0 N–H and O–H groups in total. The molecule has 0 radical (unpaired) electrons. The van der Waals surface area contributed by atoms with Crippen LogP contribution in [0.1, 0.15) is 11.1 Å². The molecule has 1 aliphatic heterocycles. The average molecular weight is 396 g/mol. The molecule has 146 valence electrons. The molecule has 1 aliphatic rings. The molecule has 0 aromatic heterocycles. The monoisotopic (exact) mass is 395 g/mol. The summed E-state index contributed by atoms with van der Waals surface area (Å²) < 4.78 is 5.19. The van der Waals surface area contributed by atoms with Crippen molar-refractivity contribution >= 4 is 29.4 Å². The van der Waals surface area contributed by atoms with E-state index in [0.717, 1.165) is 44.0 Å². The molecule has 5 heteroatoms. The molecule has 28 heavy (non-hydrogen) atoms. The van der Waals surface area contributed by atoms with Crippen molar-refractivity contribution in [2.45, 2.75) is 6.54 Å². The Kier molecular flexibility index (Phi) is 6.90. The molecule has 0 unspecified atom stereocenters. The largest absolute Gasteiger partial charge is 0.497 e. The quantitative estimate of drug-likeness (QED) is 0.598. The number of benzene rings is 3. The third-order valence-electron chi connectivity index (χ3n) is 5.11. The zero-order chi connectivity index (χ0) is 18.5. The van der Waals surface area contributed by atoms with E-state index in [1.165, 1.54) is 16.3 Å². The van der Waals surface area contributed by atoms with Gasteiger partial charge >= 0.3 is 0 Å². The number of fused-ring (bicyclic) bond motifs is 1. The summed E-state index contributed by atoms with van der Waals surface area (Å²) >= 11 is 0. The maximum atomic E-state index is 5.19. The van der Waals surface area contributed by atoms with Gasteiger partial charge in [-0.25, -0.2) is 0 Å². The second-order valence-electron chi connectivity index (χ2n) is 6.89. The first-order valence-electron chi connectivity index (χ1n) is 9.44. The lowest BCUT2D eigenvalue weighted by molar-refractivity contribution is 0.131. The maximum absolute atomic E-state index is 5.19. The van der Waals surface area contributed by atoms with Crippen LogP contribution in [0.4, 0.5) is 0 Å². The first-order valence-corrected chi connectivity index (χ1v) is 9.44. The van der Waals surface area contributed by atoms with Gasteiger partial charge in [0.25, 0.3) is 0 Å². The summed E-state index contributed by atoms with van der Waals surface area (Å²) in [7, 11) is 1.68. The van der Waals surface area contributed by atoms with Gasteiger partial charge in [0.2, 0.25) is 0 Å². The molecular formula is C23H26ClN3O. The predicted octanol–water partition coefficient (Wildman–Crippen LogP) is 4.42. The summed E-state index contributed by atoms with van der Waals surface area (Å²) in [4.78, 5) is 2.52.